The fourth-order valence-corrected chi connectivity index (χ4v) is 3.83. The fraction of sp³-hybridized carbons (Fsp3) is 0.438. The molecule has 1 saturated carbocycles. The largest absolute Gasteiger partial charge is 0.382 e. The molecule has 0 spiro atoms. The molecule has 1 fully saturated rings. The van der Waals surface area contributed by atoms with Crippen molar-refractivity contribution in [2.45, 2.75) is 30.6 Å². The zero-order valence-electron chi connectivity index (χ0n) is 11.9. The molecule has 0 amide bonds. The monoisotopic (exact) mass is 288 g/mol. The van der Waals surface area contributed by atoms with Crippen molar-refractivity contribution in [2.24, 2.45) is 7.05 Å². The second-order valence-electron chi connectivity index (χ2n) is 5.48. The maximum Gasteiger partial charge on any atom is 0.252 e. The van der Waals surface area contributed by atoms with Gasteiger partial charge in [0.25, 0.3) is 5.56 Å². The summed E-state index contributed by atoms with van der Waals surface area (Å²) in [6.07, 6.45) is 5.82. The Balaban J connectivity index is 1.96. The van der Waals surface area contributed by atoms with Gasteiger partial charge in [-0.1, -0.05) is 18.2 Å². The Morgan fingerprint density at radius 1 is 1.30 bits per heavy atom. The molecule has 106 valence electrons. The van der Waals surface area contributed by atoms with Gasteiger partial charge in [0.1, 0.15) is 0 Å². The van der Waals surface area contributed by atoms with Crippen LogP contribution in [0.25, 0.3) is 10.9 Å². The van der Waals surface area contributed by atoms with Crippen molar-refractivity contribution in [1.82, 2.24) is 4.57 Å². The summed E-state index contributed by atoms with van der Waals surface area (Å²) in [6.45, 7) is 0. The Morgan fingerprint density at radius 2 is 2.10 bits per heavy atom. The highest BCUT2D eigenvalue weighted by Gasteiger charge is 2.24. The second kappa shape index (κ2) is 5.52. The summed E-state index contributed by atoms with van der Waals surface area (Å²) in [5, 5.41) is 5.47. The number of nitrogens with one attached hydrogen (secondary N) is 1. The molecule has 1 N–H and O–H groups in total. The lowest BCUT2D eigenvalue weighted by Crippen LogP contribution is -2.21. The number of para-hydroxylation sites is 1. The molecule has 20 heavy (non-hydrogen) atoms. The van der Waals surface area contributed by atoms with Gasteiger partial charge >= 0.3 is 0 Å². The summed E-state index contributed by atoms with van der Waals surface area (Å²) in [5.74, 6) is 0. The molecule has 0 bridgehead atoms. The summed E-state index contributed by atoms with van der Waals surface area (Å²) in [6, 6.07) is 10.3. The van der Waals surface area contributed by atoms with Gasteiger partial charge in [0.15, 0.2) is 0 Å². The molecule has 3 rings (SSSR count). The molecule has 3 nitrogen and oxygen atoms in total. The van der Waals surface area contributed by atoms with E-state index in [1.54, 1.807) is 10.6 Å². The molecule has 1 aromatic heterocycles. The van der Waals surface area contributed by atoms with Gasteiger partial charge in [0.2, 0.25) is 0 Å². The Bertz CT molecular complexity index is 680. The lowest BCUT2D eigenvalue weighted by Gasteiger charge is -2.17. The van der Waals surface area contributed by atoms with E-state index in [4.69, 9.17) is 0 Å². The van der Waals surface area contributed by atoms with Crippen molar-refractivity contribution in [3.05, 3.63) is 40.7 Å². The molecule has 2 unspecified atom stereocenters. The lowest BCUT2D eigenvalue weighted by molar-refractivity contribution is 0.757. The van der Waals surface area contributed by atoms with E-state index in [2.05, 4.69) is 17.6 Å². The van der Waals surface area contributed by atoms with Crippen molar-refractivity contribution in [3.63, 3.8) is 0 Å². The highest BCUT2D eigenvalue weighted by Crippen LogP contribution is 2.31. The first-order valence-electron chi connectivity index (χ1n) is 7.07. The van der Waals surface area contributed by atoms with Crippen molar-refractivity contribution >= 4 is 28.4 Å². The van der Waals surface area contributed by atoms with Crippen molar-refractivity contribution in [2.75, 3.05) is 11.6 Å². The number of fused-ring (bicyclic) bond motifs is 1. The number of hydrogen-bond donors (Lipinski definition) is 1. The minimum Gasteiger partial charge on any atom is -0.382 e. The minimum atomic E-state index is 0.0469. The molecule has 0 saturated heterocycles. The first-order chi connectivity index (χ1) is 9.69. The summed E-state index contributed by atoms with van der Waals surface area (Å²) in [7, 11) is 1.83. The van der Waals surface area contributed by atoms with Gasteiger partial charge in [-0.2, -0.15) is 11.8 Å². The van der Waals surface area contributed by atoms with Crippen LogP contribution in [0.1, 0.15) is 19.3 Å². The Kier molecular flexibility index (Phi) is 3.74. The van der Waals surface area contributed by atoms with Crippen LogP contribution in [0.2, 0.25) is 0 Å². The molecule has 2 atom stereocenters. The van der Waals surface area contributed by atoms with E-state index in [0.717, 1.165) is 21.8 Å². The second-order valence-corrected chi connectivity index (χ2v) is 6.62. The minimum absolute atomic E-state index is 0.0469. The number of pyridine rings is 1. The van der Waals surface area contributed by atoms with Gasteiger partial charge in [-0.05, 0) is 31.6 Å². The molecule has 4 heteroatoms. The number of aryl methyl sites for hydroxylation is 1. The molecule has 1 aliphatic rings. The van der Waals surface area contributed by atoms with Gasteiger partial charge in [0, 0.05) is 35.5 Å². The Morgan fingerprint density at radius 3 is 2.85 bits per heavy atom. The first-order valence-corrected chi connectivity index (χ1v) is 8.36. The summed E-state index contributed by atoms with van der Waals surface area (Å²) in [5.41, 5.74) is 2.02. The third-order valence-corrected chi connectivity index (χ3v) is 5.33. The molecular formula is C16H20N2OS. The van der Waals surface area contributed by atoms with Crippen LogP contribution in [0.5, 0.6) is 0 Å². The SMILES string of the molecule is CSC1CCC(Nc2cc(=O)n(C)c3ccccc23)C1. The number of rotatable bonds is 3. The average Bonchev–Trinajstić information content (AvgIpc) is 2.92. The smallest absolute Gasteiger partial charge is 0.252 e. The number of anilines is 1. The number of hydrogen-bond acceptors (Lipinski definition) is 3. The third-order valence-electron chi connectivity index (χ3n) is 4.23. The normalized spacial score (nSPS) is 22.3. The van der Waals surface area contributed by atoms with E-state index in [1.165, 1.54) is 19.3 Å². The van der Waals surface area contributed by atoms with Crippen LogP contribution >= 0.6 is 11.8 Å². The summed E-state index contributed by atoms with van der Waals surface area (Å²) in [4.78, 5) is 12.1. The highest BCUT2D eigenvalue weighted by molar-refractivity contribution is 7.99. The maximum atomic E-state index is 12.1. The third kappa shape index (κ3) is 2.44. The van der Waals surface area contributed by atoms with Crippen LogP contribution in [0.4, 0.5) is 5.69 Å². The van der Waals surface area contributed by atoms with E-state index in [0.29, 0.717) is 6.04 Å². The number of thioether (sulfide) groups is 1. The van der Waals surface area contributed by atoms with Crippen LogP contribution in [0.3, 0.4) is 0 Å². The molecule has 1 heterocycles. The van der Waals surface area contributed by atoms with E-state index in [-0.39, 0.29) is 5.56 Å². The topological polar surface area (TPSA) is 34.0 Å². The van der Waals surface area contributed by atoms with E-state index >= 15 is 0 Å². The van der Waals surface area contributed by atoms with Gasteiger partial charge in [-0.25, -0.2) is 0 Å². The Hall–Kier alpha value is -1.42. The number of nitrogens with zero attached hydrogens (tertiary/aromatic N) is 1. The zero-order valence-corrected chi connectivity index (χ0v) is 12.7. The predicted octanol–water partition coefficient (Wildman–Crippen LogP) is 3.23. The van der Waals surface area contributed by atoms with Crippen molar-refractivity contribution in [3.8, 4) is 0 Å². The average molecular weight is 288 g/mol. The van der Waals surface area contributed by atoms with Gasteiger partial charge in [0.05, 0.1) is 5.52 Å². The van der Waals surface area contributed by atoms with Gasteiger partial charge < -0.3 is 9.88 Å². The van der Waals surface area contributed by atoms with Crippen LogP contribution in [0, 0.1) is 0 Å². The molecule has 2 aromatic rings. The molecule has 0 radical (unpaired) electrons. The van der Waals surface area contributed by atoms with E-state index in [1.807, 2.05) is 37.0 Å². The van der Waals surface area contributed by atoms with E-state index < -0.39 is 0 Å². The van der Waals surface area contributed by atoms with E-state index in [9.17, 15) is 4.79 Å². The maximum absolute atomic E-state index is 12.1. The molecular weight excluding hydrogens is 268 g/mol. The van der Waals surface area contributed by atoms with Crippen LogP contribution in [-0.4, -0.2) is 22.1 Å². The fourth-order valence-electron chi connectivity index (χ4n) is 3.04. The van der Waals surface area contributed by atoms with Gasteiger partial charge in [-0.3, -0.25) is 4.79 Å². The molecule has 0 aliphatic heterocycles. The first kappa shape index (κ1) is 13.6. The Labute approximate surface area is 123 Å². The summed E-state index contributed by atoms with van der Waals surface area (Å²) < 4.78 is 1.71. The molecule has 1 aliphatic carbocycles. The van der Waals surface area contributed by atoms with Crippen LogP contribution in [0.15, 0.2) is 35.1 Å². The van der Waals surface area contributed by atoms with Crippen LogP contribution < -0.4 is 10.9 Å². The van der Waals surface area contributed by atoms with Crippen molar-refractivity contribution < 1.29 is 0 Å². The molecule has 1 aromatic carbocycles. The number of aromatic nitrogens is 1. The van der Waals surface area contributed by atoms with Crippen molar-refractivity contribution in [1.29, 1.82) is 0 Å². The van der Waals surface area contributed by atoms with Crippen LogP contribution in [-0.2, 0) is 7.05 Å². The summed E-state index contributed by atoms with van der Waals surface area (Å²) >= 11 is 1.95. The highest BCUT2D eigenvalue weighted by atomic mass is 32.2. The van der Waals surface area contributed by atoms with Gasteiger partial charge in [-0.15, -0.1) is 0 Å². The zero-order chi connectivity index (χ0) is 14.1. The predicted molar refractivity (Wildman–Crippen MR) is 87.8 cm³/mol. The lowest BCUT2D eigenvalue weighted by atomic mass is 10.1. The standard InChI is InChI=1S/C16H20N2OS/c1-18-15-6-4-3-5-13(15)14(10-16(18)19)17-11-7-8-12(9-11)20-2/h3-6,10-12,17H,7-9H2,1-2H3. The number of benzene rings is 1. The quantitative estimate of drug-likeness (QED) is 0.941.